The topological polar surface area (TPSA) is 39.1 Å². The van der Waals surface area contributed by atoms with E-state index in [1.165, 1.54) is 6.42 Å². The van der Waals surface area contributed by atoms with Gasteiger partial charge in [-0.25, -0.2) is 12.4 Å². The number of nitrogens with zero attached hydrogens (tertiary/aromatic N) is 1. The van der Waals surface area contributed by atoms with E-state index in [4.69, 9.17) is 0 Å². The molecule has 0 bridgehead atoms. The van der Waals surface area contributed by atoms with Crippen molar-refractivity contribution in [2.75, 3.05) is 0 Å². The van der Waals surface area contributed by atoms with E-state index in [-0.39, 0.29) is 0 Å². The summed E-state index contributed by atoms with van der Waals surface area (Å²) in [6.07, 6.45) is 5.68. The minimum atomic E-state index is -3.68. The summed E-state index contributed by atoms with van der Waals surface area (Å²) in [7, 11) is -3.68. The highest BCUT2D eigenvalue weighted by atomic mass is 127. The van der Waals surface area contributed by atoms with Gasteiger partial charge in [-0.2, -0.15) is 0 Å². The van der Waals surface area contributed by atoms with Crippen molar-refractivity contribution in [2.24, 2.45) is 0 Å². The number of rotatable bonds is 4. The Bertz CT molecular complexity index is 1060. The van der Waals surface area contributed by atoms with Crippen molar-refractivity contribution in [3.8, 4) is 11.3 Å². The molecule has 3 nitrogen and oxygen atoms in total. The molecule has 146 valence electrons. The molecular formula is C23H24INO2S. The van der Waals surface area contributed by atoms with Crippen molar-refractivity contribution in [3.63, 3.8) is 0 Å². The molecule has 1 fully saturated rings. The van der Waals surface area contributed by atoms with Crippen LogP contribution in [0.4, 0.5) is 0 Å². The summed E-state index contributed by atoms with van der Waals surface area (Å²) in [5.74, 6) is 0.292. The molecule has 0 N–H and O–H groups in total. The summed E-state index contributed by atoms with van der Waals surface area (Å²) in [6.45, 7) is 1.97. The fourth-order valence-electron chi connectivity index (χ4n) is 4.09. The lowest BCUT2D eigenvalue weighted by molar-refractivity contribution is 0.434. The Morgan fingerprint density at radius 2 is 1.57 bits per heavy atom. The minimum absolute atomic E-state index is 0.292. The molecule has 1 aliphatic rings. The normalized spacial score (nSPS) is 15.6. The molecular weight excluding hydrogens is 481 g/mol. The van der Waals surface area contributed by atoms with Crippen LogP contribution in [0.15, 0.2) is 65.6 Å². The second kappa shape index (κ2) is 8.03. The molecule has 5 heteroatoms. The van der Waals surface area contributed by atoms with E-state index in [1.807, 2.05) is 49.4 Å². The van der Waals surface area contributed by atoms with E-state index in [9.17, 15) is 8.42 Å². The van der Waals surface area contributed by atoms with Gasteiger partial charge < -0.3 is 0 Å². The molecule has 1 heterocycles. The molecule has 3 aromatic rings. The summed E-state index contributed by atoms with van der Waals surface area (Å²) in [4.78, 5) is 0.347. The molecule has 4 rings (SSSR count). The highest BCUT2D eigenvalue weighted by molar-refractivity contribution is 14.1. The predicted molar refractivity (Wildman–Crippen MR) is 122 cm³/mol. The fourth-order valence-corrected chi connectivity index (χ4v) is 6.74. The van der Waals surface area contributed by atoms with E-state index < -0.39 is 10.0 Å². The van der Waals surface area contributed by atoms with Gasteiger partial charge in [0.05, 0.1) is 10.6 Å². The molecule has 0 aliphatic heterocycles. The molecule has 1 saturated carbocycles. The number of halogens is 1. The number of aryl methyl sites for hydroxylation is 1. The maximum absolute atomic E-state index is 13.8. The number of aromatic nitrogens is 1. The van der Waals surface area contributed by atoms with Crippen LogP contribution in [0, 0.1) is 10.5 Å². The summed E-state index contributed by atoms with van der Waals surface area (Å²) in [5.41, 5.74) is 3.70. The number of benzene rings is 2. The standard InChI is InChI=1S/C23H24INO2S/c1-17-12-14-20(15-13-17)28(26,27)25-22(18-8-4-2-5-9-18)16-21(24)23(25)19-10-6-3-7-11-19/h3,6-7,10-16,18H,2,4-5,8-9H2,1H3. The van der Waals surface area contributed by atoms with E-state index in [0.717, 1.165) is 51.8 Å². The third-order valence-corrected chi connectivity index (χ3v) is 8.13. The van der Waals surface area contributed by atoms with Crippen LogP contribution in [0.1, 0.15) is 49.3 Å². The van der Waals surface area contributed by atoms with Crippen LogP contribution in [0.25, 0.3) is 11.3 Å². The van der Waals surface area contributed by atoms with Crippen LogP contribution < -0.4 is 0 Å². The molecule has 0 saturated heterocycles. The van der Waals surface area contributed by atoms with Crippen molar-refractivity contribution in [1.29, 1.82) is 0 Å². The average molecular weight is 505 g/mol. The first-order chi connectivity index (χ1) is 13.5. The first-order valence-electron chi connectivity index (χ1n) is 9.77. The Morgan fingerprint density at radius 3 is 2.21 bits per heavy atom. The van der Waals surface area contributed by atoms with Crippen molar-refractivity contribution in [1.82, 2.24) is 3.97 Å². The zero-order chi connectivity index (χ0) is 19.7. The highest BCUT2D eigenvalue weighted by Crippen LogP contribution is 2.40. The maximum Gasteiger partial charge on any atom is 0.268 e. The second-order valence-corrected chi connectivity index (χ2v) is 10.5. The van der Waals surface area contributed by atoms with E-state index >= 15 is 0 Å². The lowest BCUT2D eigenvalue weighted by Crippen LogP contribution is -2.20. The number of hydrogen-bond donors (Lipinski definition) is 0. The molecule has 0 radical (unpaired) electrons. The summed E-state index contributed by atoms with van der Waals surface area (Å²) < 4.78 is 30.2. The molecule has 1 aliphatic carbocycles. The Kier molecular flexibility index (Phi) is 5.65. The van der Waals surface area contributed by atoms with E-state index in [0.29, 0.717) is 10.8 Å². The van der Waals surface area contributed by atoms with Gasteiger partial charge in [-0.3, -0.25) is 0 Å². The van der Waals surface area contributed by atoms with Gasteiger partial charge >= 0.3 is 0 Å². The SMILES string of the molecule is Cc1ccc(S(=O)(=O)n2c(C3CCCCC3)cc(I)c2-c2ccccc2)cc1. The molecule has 0 spiro atoms. The average Bonchev–Trinajstić information content (AvgIpc) is 3.08. The van der Waals surface area contributed by atoms with Gasteiger partial charge in [0.25, 0.3) is 10.0 Å². The first kappa shape index (κ1) is 19.7. The van der Waals surface area contributed by atoms with Gasteiger partial charge in [-0.15, -0.1) is 0 Å². The Morgan fingerprint density at radius 1 is 0.929 bits per heavy atom. The summed E-state index contributed by atoms with van der Waals surface area (Å²) in [5, 5.41) is 0. The van der Waals surface area contributed by atoms with Gasteiger partial charge in [0.2, 0.25) is 0 Å². The molecule has 28 heavy (non-hydrogen) atoms. The van der Waals surface area contributed by atoms with Crippen LogP contribution in [-0.4, -0.2) is 12.4 Å². The Labute approximate surface area is 181 Å². The maximum atomic E-state index is 13.8. The monoisotopic (exact) mass is 505 g/mol. The highest BCUT2D eigenvalue weighted by Gasteiger charge is 2.30. The van der Waals surface area contributed by atoms with E-state index in [1.54, 1.807) is 16.1 Å². The van der Waals surface area contributed by atoms with Gasteiger partial charge in [0.1, 0.15) is 0 Å². The zero-order valence-corrected chi connectivity index (χ0v) is 18.9. The fraction of sp³-hybridized carbons (Fsp3) is 0.304. The van der Waals surface area contributed by atoms with Gasteiger partial charge in [0.15, 0.2) is 0 Å². The molecule has 0 amide bonds. The quantitative estimate of drug-likeness (QED) is 0.388. The van der Waals surface area contributed by atoms with Crippen LogP contribution in [0.2, 0.25) is 0 Å². The second-order valence-electron chi connectivity index (χ2n) is 7.55. The van der Waals surface area contributed by atoms with Crippen molar-refractivity contribution < 1.29 is 8.42 Å². The Hall–Kier alpha value is -1.60. The van der Waals surface area contributed by atoms with Crippen molar-refractivity contribution in [3.05, 3.63) is 75.5 Å². The van der Waals surface area contributed by atoms with Crippen LogP contribution >= 0.6 is 22.6 Å². The van der Waals surface area contributed by atoms with Gasteiger partial charge in [0, 0.05) is 20.7 Å². The van der Waals surface area contributed by atoms with Crippen molar-refractivity contribution in [2.45, 2.75) is 49.8 Å². The zero-order valence-electron chi connectivity index (χ0n) is 15.9. The molecule has 0 atom stereocenters. The van der Waals surface area contributed by atoms with E-state index in [2.05, 4.69) is 28.7 Å². The molecule has 0 unspecified atom stereocenters. The smallest absolute Gasteiger partial charge is 0.237 e. The largest absolute Gasteiger partial charge is 0.268 e. The van der Waals surface area contributed by atoms with Crippen molar-refractivity contribution >= 4 is 32.6 Å². The third-order valence-electron chi connectivity index (χ3n) is 5.57. The summed E-state index contributed by atoms with van der Waals surface area (Å²) >= 11 is 2.29. The lowest BCUT2D eigenvalue weighted by atomic mass is 9.87. The first-order valence-corrected chi connectivity index (χ1v) is 12.3. The Balaban J connectivity index is 1.96. The van der Waals surface area contributed by atoms with Crippen LogP contribution in [0.3, 0.4) is 0 Å². The minimum Gasteiger partial charge on any atom is -0.237 e. The lowest BCUT2D eigenvalue weighted by Gasteiger charge is -2.24. The third kappa shape index (κ3) is 3.66. The number of hydrogen-bond acceptors (Lipinski definition) is 2. The molecule has 1 aromatic heterocycles. The van der Waals surface area contributed by atoms with Crippen LogP contribution in [-0.2, 0) is 10.0 Å². The van der Waals surface area contributed by atoms with Gasteiger partial charge in [-0.1, -0.05) is 67.3 Å². The molecule has 2 aromatic carbocycles. The summed E-state index contributed by atoms with van der Waals surface area (Å²) in [6, 6.07) is 19.1. The predicted octanol–water partition coefficient (Wildman–Crippen LogP) is 6.35. The van der Waals surface area contributed by atoms with Crippen LogP contribution in [0.5, 0.6) is 0 Å². The van der Waals surface area contributed by atoms with Gasteiger partial charge in [-0.05, 0) is 60.6 Å².